The lowest BCUT2D eigenvalue weighted by Crippen LogP contribution is -2.35. The Labute approximate surface area is 122 Å². The molecule has 0 bridgehead atoms. The topological polar surface area (TPSA) is 70.6 Å². The van der Waals surface area contributed by atoms with Gasteiger partial charge in [0.05, 0.1) is 16.5 Å². The molecule has 102 valence electrons. The first kappa shape index (κ1) is 14.1. The molecule has 6 nitrogen and oxygen atoms in total. The van der Waals surface area contributed by atoms with Crippen molar-refractivity contribution in [2.24, 2.45) is 5.92 Å². The molecule has 1 fully saturated rings. The van der Waals surface area contributed by atoms with E-state index in [1.165, 1.54) is 11.3 Å². The lowest BCUT2D eigenvalue weighted by Gasteiger charge is -2.16. The zero-order valence-corrected chi connectivity index (χ0v) is 12.8. The van der Waals surface area contributed by atoms with Crippen molar-refractivity contribution in [3.63, 3.8) is 0 Å². The van der Waals surface area contributed by atoms with Crippen molar-refractivity contribution in [2.45, 2.75) is 20.4 Å². The molecule has 1 aromatic rings. The highest BCUT2D eigenvalue weighted by Crippen LogP contribution is 2.23. The number of hydrogen-bond donors (Lipinski definition) is 0. The summed E-state index contributed by atoms with van der Waals surface area (Å²) >= 11 is 4.58. The smallest absolute Gasteiger partial charge is 0.263 e. The fourth-order valence-corrected chi connectivity index (χ4v) is 3.00. The van der Waals surface area contributed by atoms with Crippen molar-refractivity contribution in [3.05, 3.63) is 15.0 Å². The van der Waals surface area contributed by atoms with Gasteiger partial charge < -0.3 is 0 Å². The average molecular weight is 346 g/mol. The van der Waals surface area contributed by atoms with E-state index in [0.717, 1.165) is 13.6 Å². The normalized spacial score (nSPS) is 16.1. The van der Waals surface area contributed by atoms with Crippen LogP contribution >= 0.6 is 27.3 Å². The summed E-state index contributed by atoms with van der Waals surface area (Å²) in [6, 6.07) is -0.560. The van der Waals surface area contributed by atoms with Gasteiger partial charge in [0, 0.05) is 6.54 Å². The van der Waals surface area contributed by atoms with Crippen LogP contribution in [0.2, 0.25) is 0 Å². The number of aromatic nitrogens is 1. The second kappa shape index (κ2) is 5.38. The second-order valence-electron chi connectivity index (χ2n) is 4.54. The molecule has 1 aromatic heterocycles. The standard InChI is InChI=1S/C11H12BrN3O3S/c1-6(2)4-14-9(16)10(17)15(11(14)18)5-8-13-3-7(12)19-8/h3,6H,4-5H2,1-2H3. The summed E-state index contributed by atoms with van der Waals surface area (Å²) in [6.07, 6.45) is 1.60. The van der Waals surface area contributed by atoms with Crippen LogP contribution in [-0.2, 0) is 16.1 Å². The van der Waals surface area contributed by atoms with E-state index in [1.54, 1.807) is 6.20 Å². The number of nitrogens with zero attached hydrogens (tertiary/aromatic N) is 3. The molecule has 1 aliphatic rings. The van der Waals surface area contributed by atoms with Gasteiger partial charge in [0.25, 0.3) is 0 Å². The van der Waals surface area contributed by atoms with Crippen molar-refractivity contribution in [1.29, 1.82) is 0 Å². The molecule has 0 saturated carbocycles. The van der Waals surface area contributed by atoms with Crippen LogP contribution in [0, 0.1) is 5.92 Å². The van der Waals surface area contributed by atoms with Gasteiger partial charge in [-0.25, -0.2) is 14.7 Å². The fraction of sp³-hybridized carbons (Fsp3) is 0.455. The summed E-state index contributed by atoms with van der Waals surface area (Å²) in [5, 5.41) is 0.604. The van der Waals surface area contributed by atoms with Crippen molar-refractivity contribution < 1.29 is 14.4 Å². The molecule has 1 saturated heterocycles. The van der Waals surface area contributed by atoms with Crippen LogP contribution in [0.1, 0.15) is 18.9 Å². The number of halogens is 1. The molecule has 19 heavy (non-hydrogen) atoms. The maximum Gasteiger partial charge on any atom is 0.334 e. The molecular weight excluding hydrogens is 334 g/mol. The molecule has 0 atom stereocenters. The Morgan fingerprint density at radius 1 is 1.26 bits per heavy atom. The highest BCUT2D eigenvalue weighted by atomic mass is 79.9. The molecule has 0 radical (unpaired) electrons. The molecule has 0 unspecified atom stereocenters. The Morgan fingerprint density at radius 2 is 1.89 bits per heavy atom. The van der Waals surface area contributed by atoms with Crippen molar-refractivity contribution in [1.82, 2.24) is 14.8 Å². The SMILES string of the molecule is CC(C)CN1C(=O)C(=O)N(Cc2ncc(Br)s2)C1=O. The predicted octanol–water partition coefficient (Wildman–Crippen LogP) is 1.85. The summed E-state index contributed by atoms with van der Waals surface area (Å²) in [5.41, 5.74) is 0. The minimum absolute atomic E-state index is 0.0360. The number of imide groups is 2. The number of carbonyl (C=O) groups excluding carboxylic acids is 3. The Bertz CT molecular complexity index is 543. The summed E-state index contributed by atoms with van der Waals surface area (Å²) in [4.78, 5) is 41.6. The van der Waals surface area contributed by atoms with Crippen molar-refractivity contribution in [2.75, 3.05) is 6.54 Å². The lowest BCUT2D eigenvalue weighted by molar-refractivity contribution is -0.143. The number of carbonyl (C=O) groups is 3. The number of rotatable bonds is 4. The number of amides is 4. The predicted molar refractivity (Wildman–Crippen MR) is 72.3 cm³/mol. The van der Waals surface area contributed by atoms with Crippen molar-refractivity contribution >= 4 is 45.1 Å². The van der Waals surface area contributed by atoms with E-state index in [4.69, 9.17) is 0 Å². The number of thiazole rings is 1. The Hall–Kier alpha value is -1.28. The zero-order valence-electron chi connectivity index (χ0n) is 10.4. The molecule has 0 aromatic carbocycles. The third-order valence-corrected chi connectivity index (χ3v) is 3.96. The van der Waals surface area contributed by atoms with E-state index in [2.05, 4.69) is 20.9 Å². The minimum Gasteiger partial charge on any atom is -0.263 e. The zero-order chi connectivity index (χ0) is 14.2. The number of urea groups is 1. The van der Waals surface area contributed by atoms with Gasteiger partial charge in [0.15, 0.2) is 0 Å². The van der Waals surface area contributed by atoms with Gasteiger partial charge >= 0.3 is 17.8 Å². The number of hydrogen-bond acceptors (Lipinski definition) is 5. The van der Waals surface area contributed by atoms with Crippen LogP contribution in [-0.4, -0.2) is 39.2 Å². The lowest BCUT2D eigenvalue weighted by atomic mass is 10.2. The third-order valence-electron chi connectivity index (χ3n) is 2.50. The molecule has 8 heteroatoms. The first-order chi connectivity index (χ1) is 8.90. The van der Waals surface area contributed by atoms with E-state index >= 15 is 0 Å². The summed E-state index contributed by atoms with van der Waals surface area (Å²) in [5.74, 6) is -1.42. The highest BCUT2D eigenvalue weighted by Gasteiger charge is 2.44. The van der Waals surface area contributed by atoms with Gasteiger partial charge in [-0.1, -0.05) is 13.8 Å². The van der Waals surface area contributed by atoms with E-state index in [9.17, 15) is 14.4 Å². The van der Waals surface area contributed by atoms with Gasteiger partial charge in [-0.3, -0.25) is 14.5 Å². The maximum absolute atomic E-state index is 12.0. The van der Waals surface area contributed by atoms with Gasteiger partial charge in [0.2, 0.25) is 0 Å². The molecule has 0 N–H and O–H groups in total. The van der Waals surface area contributed by atoms with Gasteiger partial charge in [-0.2, -0.15) is 0 Å². The first-order valence-electron chi connectivity index (χ1n) is 5.67. The van der Waals surface area contributed by atoms with Crippen LogP contribution < -0.4 is 0 Å². The van der Waals surface area contributed by atoms with E-state index in [1.807, 2.05) is 13.8 Å². The highest BCUT2D eigenvalue weighted by molar-refractivity contribution is 9.11. The van der Waals surface area contributed by atoms with Crippen molar-refractivity contribution in [3.8, 4) is 0 Å². The summed E-state index contributed by atoms with van der Waals surface area (Å²) in [7, 11) is 0. The molecule has 2 rings (SSSR count). The Morgan fingerprint density at radius 3 is 2.42 bits per heavy atom. The van der Waals surface area contributed by atoms with Crippen LogP contribution in [0.15, 0.2) is 9.98 Å². The molecule has 0 aliphatic carbocycles. The molecule has 0 spiro atoms. The largest absolute Gasteiger partial charge is 0.334 e. The fourth-order valence-electron chi connectivity index (χ4n) is 1.71. The van der Waals surface area contributed by atoms with E-state index < -0.39 is 17.8 Å². The monoisotopic (exact) mass is 345 g/mol. The molecule has 1 aliphatic heterocycles. The second-order valence-corrected chi connectivity index (χ2v) is 7.04. The third kappa shape index (κ3) is 2.84. The van der Waals surface area contributed by atoms with Crippen LogP contribution in [0.25, 0.3) is 0 Å². The van der Waals surface area contributed by atoms with Gasteiger partial charge in [-0.05, 0) is 21.8 Å². The van der Waals surface area contributed by atoms with Gasteiger partial charge in [-0.15, -0.1) is 11.3 Å². The molecular formula is C11H12BrN3O3S. The van der Waals surface area contributed by atoms with Crippen LogP contribution in [0.3, 0.4) is 0 Å². The van der Waals surface area contributed by atoms with Gasteiger partial charge in [0.1, 0.15) is 5.01 Å². The molecule has 2 heterocycles. The van der Waals surface area contributed by atoms with E-state index in [0.29, 0.717) is 5.01 Å². The maximum atomic E-state index is 12.0. The first-order valence-corrected chi connectivity index (χ1v) is 7.28. The average Bonchev–Trinajstić information content (AvgIpc) is 2.82. The quantitative estimate of drug-likeness (QED) is 0.616. The molecule has 4 amide bonds. The minimum atomic E-state index is -0.781. The van der Waals surface area contributed by atoms with Crippen LogP contribution in [0.5, 0.6) is 0 Å². The van der Waals surface area contributed by atoms with E-state index in [-0.39, 0.29) is 19.0 Å². The Kier molecular flexibility index (Phi) is 4.00. The summed E-state index contributed by atoms with van der Waals surface area (Å²) in [6.45, 7) is 4.05. The Balaban J connectivity index is 2.15. The van der Waals surface area contributed by atoms with Crippen LogP contribution in [0.4, 0.5) is 4.79 Å². The summed E-state index contributed by atoms with van der Waals surface area (Å²) < 4.78 is 0.812.